The number of aromatic carboxylic acids is 1. The van der Waals surface area contributed by atoms with Crippen LogP contribution in [0.2, 0.25) is 0 Å². The Bertz CT molecular complexity index is 627. The van der Waals surface area contributed by atoms with Gasteiger partial charge < -0.3 is 10.8 Å². The molecule has 7 heteroatoms. The molecule has 0 amide bonds. The summed E-state index contributed by atoms with van der Waals surface area (Å²) in [5, 5.41) is 13.8. The molecule has 100 valence electrons. The van der Waals surface area contributed by atoms with E-state index in [1.54, 1.807) is 6.26 Å². The van der Waals surface area contributed by atoms with E-state index in [-0.39, 0.29) is 11.4 Å². The number of hydrogen-bond acceptors (Lipinski definition) is 4. The Labute approximate surface area is 122 Å². The summed E-state index contributed by atoms with van der Waals surface area (Å²) in [5.74, 6) is -0.882. The highest BCUT2D eigenvalue weighted by molar-refractivity contribution is 9.10. The summed E-state index contributed by atoms with van der Waals surface area (Å²) in [6, 6.07) is 7.68. The van der Waals surface area contributed by atoms with Gasteiger partial charge in [-0.05, 0) is 17.9 Å². The Morgan fingerprint density at radius 1 is 1.53 bits per heavy atom. The summed E-state index contributed by atoms with van der Waals surface area (Å²) in [4.78, 5) is 11.2. The summed E-state index contributed by atoms with van der Waals surface area (Å²) in [6.07, 6.45) is 1.77. The predicted molar refractivity (Wildman–Crippen MR) is 78.6 cm³/mol. The third-order valence-electron chi connectivity index (χ3n) is 2.64. The van der Waals surface area contributed by atoms with Crippen LogP contribution in [-0.2, 0) is 6.54 Å². The van der Waals surface area contributed by atoms with Gasteiger partial charge in [0, 0.05) is 4.47 Å². The molecule has 0 aliphatic heterocycles. The van der Waals surface area contributed by atoms with Crippen LogP contribution in [0.1, 0.15) is 15.9 Å². The van der Waals surface area contributed by atoms with E-state index in [1.165, 1.54) is 16.4 Å². The molecule has 0 atom stereocenters. The molecule has 19 heavy (non-hydrogen) atoms. The van der Waals surface area contributed by atoms with Crippen molar-refractivity contribution >= 4 is 39.5 Å². The maximum absolute atomic E-state index is 11.2. The van der Waals surface area contributed by atoms with Crippen molar-refractivity contribution in [3.63, 3.8) is 0 Å². The monoisotopic (exact) mass is 341 g/mol. The number of carboxylic acids is 1. The lowest BCUT2D eigenvalue weighted by Gasteiger charge is -2.06. The average molecular weight is 342 g/mol. The van der Waals surface area contributed by atoms with Crippen LogP contribution in [0.3, 0.4) is 0 Å². The van der Waals surface area contributed by atoms with Crippen molar-refractivity contribution in [3.8, 4) is 0 Å². The molecule has 0 fully saturated rings. The maximum Gasteiger partial charge on any atom is 0.342 e. The van der Waals surface area contributed by atoms with E-state index in [4.69, 9.17) is 10.8 Å². The van der Waals surface area contributed by atoms with E-state index in [0.29, 0.717) is 11.6 Å². The second kappa shape index (κ2) is 5.66. The van der Waals surface area contributed by atoms with Gasteiger partial charge in [0.05, 0.1) is 6.54 Å². The standard InChI is InChI=1S/C12H12BrN3O2S/c1-19-11-9(12(17)18)10(14)16(15-11)6-7-4-2-3-5-8(7)13/h2-5H,6,14H2,1H3,(H,17,18). The largest absolute Gasteiger partial charge is 0.477 e. The molecule has 1 aromatic heterocycles. The van der Waals surface area contributed by atoms with Gasteiger partial charge in [-0.3, -0.25) is 0 Å². The van der Waals surface area contributed by atoms with E-state index in [0.717, 1.165) is 10.0 Å². The zero-order valence-corrected chi connectivity index (χ0v) is 12.5. The van der Waals surface area contributed by atoms with Crippen molar-refractivity contribution < 1.29 is 9.90 Å². The van der Waals surface area contributed by atoms with Crippen LogP contribution < -0.4 is 5.73 Å². The minimum absolute atomic E-state index is 0.0690. The molecule has 0 radical (unpaired) electrons. The van der Waals surface area contributed by atoms with Gasteiger partial charge in [-0.2, -0.15) is 5.10 Å². The average Bonchev–Trinajstić information content (AvgIpc) is 2.69. The Kier molecular flexibility index (Phi) is 4.16. The molecule has 2 rings (SSSR count). The number of thioether (sulfide) groups is 1. The first-order chi connectivity index (χ1) is 9.04. The molecule has 0 aliphatic carbocycles. The Morgan fingerprint density at radius 3 is 2.74 bits per heavy atom. The van der Waals surface area contributed by atoms with Gasteiger partial charge in [-0.25, -0.2) is 9.48 Å². The molecule has 3 N–H and O–H groups in total. The number of nitrogen functional groups attached to an aromatic ring is 1. The van der Waals surface area contributed by atoms with E-state index in [2.05, 4.69) is 21.0 Å². The van der Waals surface area contributed by atoms with Crippen LogP contribution in [0.5, 0.6) is 0 Å². The van der Waals surface area contributed by atoms with E-state index in [1.807, 2.05) is 24.3 Å². The smallest absolute Gasteiger partial charge is 0.342 e. The Hall–Kier alpha value is -1.47. The first-order valence-corrected chi connectivity index (χ1v) is 7.43. The quantitative estimate of drug-likeness (QED) is 0.835. The highest BCUT2D eigenvalue weighted by Gasteiger charge is 2.21. The second-order valence-corrected chi connectivity index (χ2v) is 5.47. The Balaban J connectivity index is 2.42. The van der Waals surface area contributed by atoms with Crippen LogP contribution in [-0.4, -0.2) is 27.1 Å². The molecule has 5 nitrogen and oxygen atoms in total. The minimum atomic E-state index is -1.06. The molecule has 0 saturated heterocycles. The predicted octanol–water partition coefficient (Wildman–Crippen LogP) is 2.70. The van der Waals surface area contributed by atoms with Gasteiger partial charge in [0.15, 0.2) is 0 Å². The van der Waals surface area contributed by atoms with Crippen molar-refractivity contribution in [1.82, 2.24) is 9.78 Å². The summed E-state index contributed by atoms with van der Waals surface area (Å²) >= 11 is 4.72. The van der Waals surface area contributed by atoms with E-state index < -0.39 is 5.97 Å². The normalized spacial score (nSPS) is 10.6. The summed E-state index contributed by atoms with van der Waals surface area (Å²) in [5.41, 5.74) is 6.93. The molecule has 0 spiro atoms. The number of halogens is 1. The molecular weight excluding hydrogens is 330 g/mol. The third-order valence-corrected chi connectivity index (χ3v) is 4.09. The van der Waals surface area contributed by atoms with Crippen LogP contribution in [0.4, 0.5) is 5.82 Å². The number of nitrogens with zero attached hydrogens (tertiary/aromatic N) is 2. The number of carboxylic acid groups (broad SMARTS) is 1. The highest BCUT2D eigenvalue weighted by atomic mass is 79.9. The first kappa shape index (κ1) is 14.0. The zero-order valence-electron chi connectivity index (χ0n) is 10.1. The van der Waals surface area contributed by atoms with Gasteiger partial charge >= 0.3 is 5.97 Å². The maximum atomic E-state index is 11.2. The van der Waals surface area contributed by atoms with Gasteiger partial charge in [-0.1, -0.05) is 34.1 Å². The molecule has 0 aliphatic rings. The number of benzene rings is 1. The van der Waals surface area contributed by atoms with Gasteiger partial charge in [0.2, 0.25) is 0 Å². The van der Waals surface area contributed by atoms with Crippen molar-refractivity contribution in [3.05, 3.63) is 39.9 Å². The van der Waals surface area contributed by atoms with Gasteiger partial charge in [0.1, 0.15) is 16.4 Å². The van der Waals surface area contributed by atoms with Crippen LogP contribution in [0.25, 0.3) is 0 Å². The molecule has 0 bridgehead atoms. The van der Waals surface area contributed by atoms with Crippen molar-refractivity contribution in [2.75, 3.05) is 12.0 Å². The number of nitrogens with two attached hydrogens (primary N) is 1. The molecule has 0 unspecified atom stereocenters. The minimum Gasteiger partial charge on any atom is -0.477 e. The van der Waals surface area contributed by atoms with Crippen molar-refractivity contribution in [2.24, 2.45) is 0 Å². The lowest BCUT2D eigenvalue weighted by Crippen LogP contribution is -2.08. The first-order valence-electron chi connectivity index (χ1n) is 5.41. The number of anilines is 1. The number of hydrogen-bond donors (Lipinski definition) is 2. The number of aromatic nitrogens is 2. The molecule has 1 aromatic carbocycles. The van der Waals surface area contributed by atoms with Crippen LogP contribution in [0, 0.1) is 0 Å². The van der Waals surface area contributed by atoms with Gasteiger partial charge in [0.25, 0.3) is 0 Å². The molecular formula is C12H12BrN3O2S. The summed E-state index contributed by atoms with van der Waals surface area (Å²) in [7, 11) is 0. The fraction of sp³-hybridized carbons (Fsp3) is 0.167. The summed E-state index contributed by atoms with van der Waals surface area (Å²) in [6.45, 7) is 0.425. The van der Waals surface area contributed by atoms with E-state index in [9.17, 15) is 4.79 Å². The van der Waals surface area contributed by atoms with Crippen LogP contribution in [0.15, 0.2) is 33.8 Å². The molecule has 2 aromatic rings. The van der Waals surface area contributed by atoms with Gasteiger partial charge in [-0.15, -0.1) is 11.8 Å². The number of carbonyl (C=O) groups is 1. The zero-order chi connectivity index (χ0) is 14.0. The third kappa shape index (κ3) is 2.76. The molecule has 0 saturated carbocycles. The highest BCUT2D eigenvalue weighted by Crippen LogP contribution is 2.26. The molecule has 1 heterocycles. The van der Waals surface area contributed by atoms with Crippen LogP contribution >= 0.6 is 27.7 Å². The lowest BCUT2D eigenvalue weighted by atomic mass is 10.2. The summed E-state index contributed by atoms with van der Waals surface area (Å²) < 4.78 is 2.45. The fourth-order valence-electron chi connectivity index (χ4n) is 1.70. The van der Waals surface area contributed by atoms with Crippen molar-refractivity contribution in [1.29, 1.82) is 0 Å². The SMILES string of the molecule is CSc1nn(Cc2ccccc2Br)c(N)c1C(=O)O. The second-order valence-electron chi connectivity index (χ2n) is 3.82. The topological polar surface area (TPSA) is 81.1 Å². The van der Waals surface area contributed by atoms with E-state index >= 15 is 0 Å². The Morgan fingerprint density at radius 2 is 2.21 bits per heavy atom. The van der Waals surface area contributed by atoms with Crippen molar-refractivity contribution in [2.45, 2.75) is 11.6 Å². The lowest BCUT2D eigenvalue weighted by molar-refractivity contribution is 0.0694. The fourth-order valence-corrected chi connectivity index (χ4v) is 2.69. The number of rotatable bonds is 4.